The summed E-state index contributed by atoms with van der Waals surface area (Å²) in [4.78, 5) is 18.7. The van der Waals surface area contributed by atoms with Gasteiger partial charge in [0.05, 0.1) is 11.6 Å². The van der Waals surface area contributed by atoms with E-state index in [-0.39, 0.29) is 35.3 Å². The van der Waals surface area contributed by atoms with Gasteiger partial charge in [0.15, 0.2) is 5.96 Å². The number of likely N-dealkylation sites (tertiary alicyclic amines) is 1. The summed E-state index contributed by atoms with van der Waals surface area (Å²) in [6.45, 7) is 6.50. The van der Waals surface area contributed by atoms with Gasteiger partial charge in [-0.15, -0.1) is 24.0 Å². The molecule has 2 saturated heterocycles. The van der Waals surface area contributed by atoms with Gasteiger partial charge in [0, 0.05) is 38.0 Å². The van der Waals surface area contributed by atoms with Crippen LogP contribution in [0.25, 0.3) is 0 Å². The molecule has 0 aromatic heterocycles. The van der Waals surface area contributed by atoms with Crippen LogP contribution in [0.5, 0.6) is 5.75 Å². The van der Waals surface area contributed by atoms with E-state index in [4.69, 9.17) is 21.3 Å². The Bertz CT molecular complexity index is 673. The second-order valence-corrected chi connectivity index (χ2v) is 7.40. The van der Waals surface area contributed by atoms with Crippen LogP contribution in [-0.2, 0) is 4.79 Å². The molecule has 1 spiro atoms. The molecular weight excluding hydrogens is 479 g/mol. The van der Waals surface area contributed by atoms with E-state index in [0.717, 1.165) is 45.0 Å². The molecule has 0 radical (unpaired) electrons. The van der Waals surface area contributed by atoms with E-state index in [0.29, 0.717) is 30.3 Å². The minimum absolute atomic E-state index is 0. The zero-order chi connectivity index (χ0) is 18.4. The van der Waals surface area contributed by atoms with Gasteiger partial charge in [-0.2, -0.15) is 0 Å². The quantitative estimate of drug-likeness (QED) is 0.279. The highest BCUT2D eigenvalue weighted by Gasteiger charge is 2.42. The van der Waals surface area contributed by atoms with Gasteiger partial charge in [-0.3, -0.25) is 4.79 Å². The number of para-hydroxylation sites is 1. The second kappa shape index (κ2) is 10.4. The van der Waals surface area contributed by atoms with E-state index in [1.807, 2.05) is 24.3 Å². The molecule has 3 rings (SSSR count). The Morgan fingerprint density at radius 1 is 1.44 bits per heavy atom. The number of piperidine rings is 1. The SMILES string of the molecule is CCNC(=NCCOc1ccccc1Cl)N1CCCC2(CNC(=O)C2)C1.I. The van der Waals surface area contributed by atoms with Crippen LogP contribution in [-0.4, -0.2) is 56.1 Å². The molecule has 1 aromatic carbocycles. The van der Waals surface area contributed by atoms with E-state index >= 15 is 0 Å². The van der Waals surface area contributed by atoms with Gasteiger partial charge in [-0.25, -0.2) is 4.99 Å². The van der Waals surface area contributed by atoms with Crippen LogP contribution in [0.3, 0.4) is 0 Å². The van der Waals surface area contributed by atoms with E-state index < -0.39 is 0 Å². The Balaban J connectivity index is 0.00000261. The normalized spacial score (nSPS) is 22.4. The molecule has 2 heterocycles. The van der Waals surface area contributed by atoms with Crippen LogP contribution < -0.4 is 15.4 Å². The van der Waals surface area contributed by atoms with Gasteiger partial charge in [0.2, 0.25) is 5.91 Å². The molecule has 2 fully saturated rings. The largest absolute Gasteiger partial charge is 0.490 e. The van der Waals surface area contributed by atoms with Crippen molar-refractivity contribution in [2.45, 2.75) is 26.2 Å². The standard InChI is InChI=1S/C19H27ClN4O2.HI/c1-2-21-18(22-9-11-26-16-7-4-3-6-15(16)20)24-10-5-8-19(14-24)12-17(25)23-13-19;/h3-4,6-7H,2,5,8-14H2,1H3,(H,21,22)(H,23,25);1H. The van der Waals surface area contributed by atoms with E-state index in [2.05, 4.69) is 22.5 Å². The number of carbonyl (C=O) groups excluding carboxylic acids is 1. The smallest absolute Gasteiger partial charge is 0.220 e. The third-order valence-corrected chi connectivity index (χ3v) is 5.25. The molecular formula is C19H28ClIN4O2. The first-order valence-corrected chi connectivity index (χ1v) is 9.67. The summed E-state index contributed by atoms with van der Waals surface area (Å²) in [6, 6.07) is 7.45. The average Bonchev–Trinajstić information content (AvgIpc) is 2.99. The summed E-state index contributed by atoms with van der Waals surface area (Å²) >= 11 is 6.10. The molecule has 2 aliphatic heterocycles. The first-order chi connectivity index (χ1) is 12.6. The fraction of sp³-hybridized carbons (Fsp3) is 0.579. The highest BCUT2D eigenvalue weighted by molar-refractivity contribution is 14.0. The van der Waals surface area contributed by atoms with Crippen molar-refractivity contribution >= 4 is 47.4 Å². The number of hydrogen-bond donors (Lipinski definition) is 2. The Hall–Kier alpha value is -1.22. The summed E-state index contributed by atoms with van der Waals surface area (Å²) in [5.74, 6) is 1.75. The summed E-state index contributed by atoms with van der Waals surface area (Å²) in [6.07, 6.45) is 2.80. The molecule has 1 atom stereocenters. The number of nitrogens with one attached hydrogen (secondary N) is 2. The number of guanidine groups is 1. The molecule has 8 heteroatoms. The molecule has 6 nitrogen and oxygen atoms in total. The van der Waals surface area contributed by atoms with Crippen LogP contribution in [0, 0.1) is 5.41 Å². The second-order valence-electron chi connectivity index (χ2n) is 6.99. The van der Waals surface area contributed by atoms with Crippen LogP contribution in [0.15, 0.2) is 29.3 Å². The van der Waals surface area contributed by atoms with Gasteiger partial charge >= 0.3 is 0 Å². The van der Waals surface area contributed by atoms with Crippen molar-refractivity contribution in [2.24, 2.45) is 10.4 Å². The molecule has 2 N–H and O–H groups in total. The molecule has 0 bridgehead atoms. The van der Waals surface area contributed by atoms with Crippen molar-refractivity contribution in [1.29, 1.82) is 0 Å². The van der Waals surface area contributed by atoms with Crippen molar-refractivity contribution in [2.75, 3.05) is 39.3 Å². The molecule has 1 unspecified atom stereocenters. The molecule has 150 valence electrons. The van der Waals surface area contributed by atoms with Crippen LogP contribution >= 0.6 is 35.6 Å². The monoisotopic (exact) mass is 506 g/mol. The van der Waals surface area contributed by atoms with Gasteiger partial charge < -0.3 is 20.3 Å². The fourth-order valence-corrected chi connectivity index (χ4v) is 3.91. The molecule has 2 aliphatic rings. The Kier molecular flexibility index (Phi) is 8.47. The predicted molar refractivity (Wildman–Crippen MR) is 119 cm³/mol. The van der Waals surface area contributed by atoms with E-state index in [1.165, 1.54) is 0 Å². The van der Waals surface area contributed by atoms with Crippen LogP contribution in [0.1, 0.15) is 26.2 Å². The number of aliphatic imine (C=N–C) groups is 1. The zero-order valence-corrected chi connectivity index (χ0v) is 18.8. The molecule has 1 amide bonds. The van der Waals surface area contributed by atoms with E-state index in [1.54, 1.807) is 0 Å². The first-order valence-electron chi connectivity index (χ1n) is 9.29. The first kappa shape index (κ1) is 22.1. The lowest BCUT2D eigenvalue weighted by Gasteiger charge is -2.40. The van der Waals surface area contributed by atoms with Crippen molar-refractivity contribution < 1.29 is 9.53 Å². The number of rotatable bonds is 5. The lowest BCUT2D eigenvalue weighted by atomic mass is 9.79. The van der Waals surface area contributed by atoms with Gasteiger partial charge in [0.1, 0.15) is 12.4 Å². The van der Waals surface area contributed by atoms with Crippen molar-refractivity contribution in [1.82, 2.24) is 15.5 Å². The van der Waals surface area contributed by atoms with Crippen molar-refractivity contribution in [3.63, 3.8) is 0 Å². The number of halogens is 2. The molecule has 0 saturated carbocycles. The number of ether oxygens (including phenoxy) is 1. The number of benzene rings is 1. The maximum Gasteiger partial charge on any atom is 0.220 e. The fourth-order valence-electron chi connectivity index (χ4n) is 3.72. The zero-order valence-electron chi connectivity index (χ0n) is 15.7. The minimum atomic E-state index is 0. The maximum absolute atomic E-state index is 11.7. The Labute approximate surface area is 183 Å². The van der Waals surface area contributed by atoms with E-state index in [9.17, 15) is 4.79 Å². The van der Waals surface area contributed by atoms with Crippen LogP contribution in [0.4, 0.5) is 0 Å². The van der Waals surface area contributed by atoms with Gasteiger partial charge in [-0.05, 0) is 31.9 Å². The number of carbonyl (C=O) groups is 1. The summed E-state index contributed by atoms with van der Waals surface area (Å²) < 4.78 is 5.72. The van der Waals surface area contributed by atoms with Crippen molar-refractivity contribution in [3.05, 3.63) is 29.3 Å². The Morgan fingerprint density at radius 2 is 2.26 bits per heavy atom. The highest BCUT2D eigenvalue weighted by Crippen LogP contribution is 2.36. The summed E-state index contributed by atoms with van der Waals surface area (Å²) in [5.41, 5.74) is 0.0551. The number of amides is 1. The third kappa shape index (κ3) is 5.88. The predicted octanol–water partition coefficient (Wildman–Crippen LogP) is 2.90. The highest BCUT2D eigenvalue weighted by atomic mass is 127. The average molecular weight is 507 g/mol. The topological polar surface area (TPSA) is 66.0 Å². The molecule has 27 heavy (non-hydrogen) atoms. The lowest BCUT2D eigenvalue weighted by Crippen LogP contribution is -2.51. The van der Waals surface area contributed by atoms with Gasteiger partial charge in [0.25, 0.3) is 0 Å². The van der Waals surface area contributed by atoms with Crippen LogP contribution in [0.2, 0.25) is 5.02 Å². The molecule has 1 aromatic rings. The third-order valence-electron chi connectivity index (χ3n) is 4.94. The lowest BCUT2D eigenvalue weighted by molar-refractivity contribution is -0.119. The Morgan fingerprint density at radius 3 is 2.96 bits per heavy atom. The van der Waals surface area contributed by atoms with Crippen molar-refractivity contribution in [3.8, 4) is 5.75 Å². The summed E-state index contributed by atoms with van der Waals surface area (Å²) in [5, 5.41) is 6.97. The summed E-state index contributed by atoms with van der Waals surface area (Å²) in [7, 11) is 0. The maximum atomic E-state index is 11.7. The number of hydrogen-bond acceptors (Lipinski definition) is 3. The van der Waals surface area contributed by atoms with Gasteiger partial charge in [-0.1, -0.05) is 23.7 Å². The minimum Gasteiger partial charge on any atom is -0.490 e. The molecule has 0 aliphatic carbocycles. The number of nitrogens with zero attached hydrogens (tertiary/aromatic N) is 2.